The van der Waals surface area contributed by atoms with Gasteiger partial charge in [0.2, 0.25) is 5.91 Å². The molecule has 9 nitrogen and oxygen atoms in total. The predicted octanol–water partition coefficient (Wildman–Crippen LogP) is -1.68. The van der Waals surface area contributed by atoms with Gasteiger partial charge in [0.25, 0.3) is 0 Å². The van der Waals surface area contributed by atoms with E-state index in [0.717, 1.165) is 14.2 Å². The third-order valence-corrected chi connectivity index (χ3v) is 2.39. The Hall–Kier alpha value is -2.32. The maximum atomic E-state index is 11.7. The Labute approximate surface area is 108 Å². The molecule has 0 bridgehead atoms. The minimum atomic E-state index is -1.18. The molecule has 2 N–H and O–H groups in total. The van der Waals surface area contributed by atoms with Crippen LogP contribution in [0.2, 0.25) is 0 Å². The summed E-state index contributed by atoms with van der Waals surface area (Å²) >= 11 is 0. The minimum absolute atomic E-state index is 0.142. The number of hydrogen-bond donors (Lipinski definition) is 2. The van der Waals surface area contributed by atoms with Crippen LogP contribution in [0.15, 0.2) is 0 Å². The first-order valence-electron chi connectivity index (χ1n) is 5.36. The van der Waals surface area contributed by atoms with Gasteiger partial charge in [0.15, 0.2) is 0 Å². The number of esters is 2. The summed E-state index contributed by atoms with van der Waals surface area (Å²) < 4.78 is 13.4. The van der Waals surface area contributed by atoms with Gasteiger partial charge in [-0.1, -0.05) is 0 Å². The Morgan fingerprint density at radius 3 is 2.58 bits per heavy atom. The second kappa shape index (κ2) is 6.57. The summed E-state index contributed by atoms with van der Waals surface area (Å²) in [6.07, 6.45) is -1.08. The molecule has 1 rings (SSSR count). The second-order valence-corrected chi connectivity index (χ2v) is 3.66. The van der Waals surface area contributed by atoms with Gasteiger partial charge in [-0.15, -0.1) is 0 Å². The third kappa shape index (κ3) is 4.12. The Balaban J connectivity index is 2.61. The molecule has 1 heterocycles. The number of cyclic esters (lactones) is 1. The summed E-state index contributed by atoms with van der Waals surface area (Å²) in [5, 5.41) is 4.53. The molecule has 1 aliphatic heterocycles. The van der Waals surface area contributed by atoms with Crippen LogP contribution in [0.3, 0.4) is 0 Å². The molecular weight excluding hydrogens is 260 g/mol. The number of carbonyl (C=O) groups is 4. The predicted molar refractivity (Wildman–Crippen MR) is 58.9 cm³/mol. The van der Waals surface area contributed by atoms with Gasteiger partial charge in [-0.25, -0.2) is 9.59 Å². The molecule has 106 valence electrons. The molecule has 19 heavy (non-hydrogen) atoms. The maximum Gasteiger partial charge on any atom is 0.407 e. The van der Waals surface area contributed by atoms with Crippen molar-refractivity contribution in [3.63, 3.8) is 0 Å². The van der Waals surface area contributed by atoms with Crippen LogP contribution in [-0.4, -0.2) is 56.8 Å². The molecule has 0 saturated carbocycles. The highest BCUT2D eigenvalue weighted by molar-refractivity contribution is 5.92. The fraction of sp³-hybridized carbons (Fsp3) is 0.600. The first-order chi connectivity index (χ1) is 8.97. The summed E-state index contributed by atoms with van der Waals surface area (Å²) in [7, 11) is 2.28. The molecule has 0 aliphatic carbocycles. The molecule has 1 fully saturated rings. The normalized spacial score (nSPS) is 18.8. The maximum absolute atomic E-state index is 11.7. The summed E-state index contributed by atoms with van der Waals surface area (Å²) in [6.45, 7) is -0.142. The summed E-state index contributed by atoms with van der Waals surface area (Å²) in [4.78, 5) is 45.0. The van der Waals surface area contributed by atoms with Crippen LogP contribution in [0, 0.1) is 0 Å². The lowest BCUT2D eigenvalue weighted by molar-refractivity contribution is -0.150. The molecule has 0 unspecified atom stereocenters. The van der Waals surface area contributed by atoms with E-state index in [9.17, 15) is 19.2 Å². The zero-order chi connectivity index (χ0) is 14.4. The zero-order valence-corrected chi connectivity index (χ0v) is 10.4. The van der Waals surface area contributed by atoms with Crippen LogP contribution in [0.1, 0.15) is 6.42 Å². The van der Waals surface area contributed by atoms with Crippen LogP contribution in [0.5, 0.6) is 0 Å². The number of carbonyl (C=O) groups excluding carboxylic acids is 4. The van der Waals surface area contributed by atoms with E-state index >= 15 is 0 Å². The lowest BCUT2D eigenvalue weighted by Gasteiger charge is -2.17. The highest BCUT2D eigenvalue weighted by Crippen LogP contribution is 2.02. The molecule has 2 amide bonds. The van der Waals surface area contributed by atoms with Gasteiger partial charge >= 0.3 is 18.0 Å². The van der Waals surface area contributed by atoms with Crippen molar-refractivity contribution in [2.24, 2.45) is 0 Å². The van der Waals surface area contributed by atoms with Crippen molar-refractivity contribution < 1.29 is 33.4 Å². The van der Waals surface area contributed by atoms with Crippen LogP contribution in [-0.2, 0) is 28.6 Å². The van der Waals surface area contributed by atoms with E-state index in [2.05, 4.69) is 24.8 Å². The van der Waals surface area contributed by atoms with E-state index in [-0.39, 0.29) is 13.0 Å². The fourth-order valence-electron chi connectivity index (χ4n) is 1.38. The first-order valence-corrected chi connectivity index (χ1v) is 5.36. The molecule has 0 aromatic carbocycles. The lowest BCUT2D eigenvalue weighted by atomic mass is 10.2. The average Bonchev–Trinajstić information content (AvgIpc) is 2.83. The highest BCUT2D eigenvalue weighted by Gasteiger charge is 2.33. The summed E-state index contributed by atoms with van der Waals surface area (Å²) in [6, 6.07) is -2.08. The summed E-state index contributed by atoms with van der Waals surface area (Å²) in [5.74, 6) is -2.11. The molecule has 1 saturated heterocycles. The number of hydrogen-bond acceptors (Lipinski definition) is 7. The Bertz CT molecular complexity index is 395. The number of alkyl carbamates (subject to hydrolysis) is 1. The SMILES string of the molecule is COC(=O)C[C@@H](NC(=O)[C@H]1COC(=O)N1)C(=O)OC. The molecule has 9 heteroatoms. The van der Waals surface area contributed by atoms with Gasteiger partial charge in [-0.05, 0) is 0 Å². The van der Waals surface area contributed by atoms with E-state index < -0.39 is 36.0 Å². The molecule has 0 aromatic heterocycles. The first kappa shape index (κ1) is 14.7. The average molecular weight is 274 g/mol. The van der Waals surface area contributed by atoms with E-state index in [4.69, 9.17) is 0 Å². The van der Waals surface area contributed by atoms with E-state index in [1.165, 1.54) is 0 Å². The fourth-order valence-corrected chi connectivity index (χ4v) is 1.38. The van der Waals surface area contributed by atoms with Gasteiger partial charge < -0.3 is 24.8 Å². The van der Waals surface area contributed by atoms with E-state index in [1.54, 1.807) is 0 Å². The van der Waals surface area contributed by atoms with Crippen molar-refractivity contribution in [3.05, 3.63) is 0 Å². The Morgan fingerprint density at radius 1 is 1.42 bits per heavy atom. The van der Waals surface area contributed by atoms with Gasteiger partial charge in [-0.3, -0.25) is 9.59 Å². The Kier molecular flexibility index (Phi) is 5.10. The third-order valence-electron chi connectivity index (χ3n) is 2.39. The molecular formula is C10H14N2O7. The van der Waals surface area contributed by atoms with Crippen molar-refractivity contribution >= 4 is 23.9 Å². The number of nitrogens with one attached hydrogen (secondary N) is 2. The monoisotopic (exact) mass is 274 g/mol. The van der Waals surface area contributed by atoms with Crippen LogP contribution in [0.25, 0.3) is 0 Å². The largest absolute Gasteiger partial charge is 0.469 e. The molecule has 0 radical (unpaired) electrons. The summed E-state index contributed by atoms with van der Waals surface area (Å²) in [5.41, 5.74) is 0. The molecule has 1 aliphatic rings. The van der Waals surface area contributed by atoms with E-state index in [0.29, 0.717) is 0 Å². The zero-order valence-electron chi connectivity index (χ0n) is 10.4. The molecule has 0 aromatic rings. The van der Waals surface area contributed by atoms with E-state index in [1.807, 2.05) is 0 Å². The van der Waals surface area contributed by atoms with Crippen LogP contribution < -0.4 is 10.6 Å². The smallest absolute Gasteiger partial charge is 0.407 e. The number of rotatable bonds is 5. The van der Waals surface area contributed by atoms with Gasteiger partial charge in [0.1, 0.15) is 18.7 Å². The minimum Gasteiger partial charge on any atom is -0.469 e. The topological polar surface area (TPSA) is 120 Å². The standard InChI is InChI=1S/C10H14N2O7/c1-17-7(13)3-5(9(15)18-2)11-8(14)6-4-19-10(16)12-6/h5-6H,3-4H2,1-2H3,(H,11,14)(H,12,16)/t5-,6-/m1/s1. The lowest BCUT2D eigenvalue weighted by Crippen LogP contribution is -2.50. The van der Waals surface area contributed by atoms with Crippen LogP contribution in [0.4, 0.5) is 4.79 Å². The van der Waals surface area contributed by atoms with Crippen molar-refractivity contribution in [1.29, 1.82) is 0 Å². The Morgan fingerprint density at radius 2 is 2.11 bits per heavy atom. The van der Waals surface area contributed by atoms with Gasteiger partial charge in [0.05, 0.1) is 20.6 Å². The number of ether oxygens (including phenoxy) is 3. The number of amides is 2. The highest BCUT2D eigenvalue weighted by atomic mass is 16.6. The van der Waals surface area contributed by atoms with Crippen molar-refractivity contribution in [2.75, 3.05) is 20.8 Å². The van der Waals surface area contributed by atoms with Crippen molar-refractivity contribution in [1.82, 2.24) is 10.6 Å². The quantitative estimate of drug-likeness (QED) is 0.453. The second-order valence-electron chi connectivity index (χ2n) is 3.66. The number of methoxy groups -OCH3 is 2. The van der Waals surface area contributed by atoms with Crippen molar-refractivity contribution in [2.45, 2.75) is 18.5 Å². The van der Waals surface area contributed by atoms with Crippen LogP contribution >= 0.6 is 0 Å². The van der Waals surface area contributed by atoms with Gasteiger partial charge in [-0.2, -0.15) is 0 Å². The molecule has 2 atom stereocenters. The molecule has 0 spiro atoms. The van der Waals surface area contributed by atoms with Crippen molar-refractivity contribution in [3.8, 4) is 0 Å². The van der Waals surface area contributed by atoms with Gasteiger partial charge in [0, 0.05) is 0 Å².